The molecule has 0 aromatic carbocycles. The molecule has 0 radical (unpaired) electrons. The third-order valence-electron chi connectivity index (χ3n) is 3.46. The molecule has 6 nitrogen and oxygen atoms in total. The summed E-state index contributed by atoms with van der Waals surface area (Å²) < 4.78 is 0. The average Bonchev–Trinajstić information content (AvgIpc) is 2.48. The van der Waals surface area contributed by atoms with Crippen molar-refractivity contribution in [3.63, 3.8) is 0 Å². The average molecular weight is 277 g/mol. The zero-order chi connectivity index (χ0) is 14.4. The summed E-state index contributed by atoms with van der Waals surface area (Å²) in [5.74, 6) is 0.989. The third kappa shape index (κ3) is 4.16. The minimum Gasteiger partial charge on any atom is -0.355 e. The van der Waals surface area contributed by atoms with E-state index in [4.69, 9.17) is 0 Å². The predicted molar refractivity (Wildman–Crippen MR) is 78.5 cm³/mol. The van der Waals surface area contributed by atoms with Crippen molar-refractivity contribution in [3.8, 4) is 0 Å². The van der Waals surface area contributed by atoms with Crippen molar-refractivity contribution < 1.29 is 4.79 Å². The second kappa shape index (κ2) is 7.19. The summed E-state index contributed by atoms with van der Waals surface area (Å²) in [6.07, 6.45) is 3.55. The van der Waals surface area contributed by atoms with Gasteiger partial charge in [0, 0.05) is 57.6 Å². The molecule has 1 amide bonds. The summed E-state index contributed by atoms with van der Waals surface area (Å²) in [7, 11) is 0. The summed E-state index contributed by atoms with van der Waals surface area (Å²) >= 11 is 0. The van der Waals surface area contributed by atoms with Crippen LogP contribution in [0.5, 0.6) is 0 Å². The van der Waals surface area contributed by atoms with Crippen molar-refractivity contribution in [1.82, 2.24) is 20.2 Å². The Morgan fingerprint density at radius 2 is 1.90 bits per heavy atom. The summed E-state index contributed by atoms with van der Waals surface area (Å²) in [4.78, 5) is 24.6. The number of carbonyl (C=O) groups excluding carboxylic acids is 1. The Bertz CT molecular complexity index is 415. The summed E-state index contributed by atoms with van der Waals surface area (Å²) in [6.45, 7) is 9.28. The van der Waals surface area contributed by atoms with Crippen LogP contribution in [0.4, 0.5) is 5.95 Å². The Balaban J connectivity index is 1.68. The van der Waals surface area contributed by atoms with Gasteiger partial charge in [-0.25, -0.2) is 9.97 Å². The van der Waals surface area contributed by atoms with Crippen LogP contribution in [0.1, 0.15) is 13.8 Å². The number of hydrogen-bond acceptors (Lipinski definition) is 5. The number of nitrogens with zero attached hydrogens (tertiary/aromatic N) is 4. The highest BCUT2D eigenvalue weighted by Crippen LogP contribution is 2.09. The highest BCUT2D eigenvalue weighted by atomic mass is 16.1. The molecule has 0 bridgehead atoms. The first-order valence-corrected chi connectivity index (χ1v) is 7.19. The molecule has 0 spiro atoms. The minimum absolute atomic E-state index is 0.0575. The molecular weight excluding hydrogens is 254 g/mol. The van der Waals surface area contributed by atoms with Gasteiger partial charge in [-0.3, -0.25) is 9.69 Å². The van der Waals surface area contributed by atoms with Gasteiger partial charge in [0.2, 0.25) is 11.9 Å². The van der Waals surface area contributed by atoms with E-state index in [-0.39, 0.29) is 11.8 Å². The first-order chi connectivity index (χ1) is 9.66. The van der Waals surface area contributed by atoms with Crippen molar-refractivity contribution in [2.45, 2.75) is 13.8 Å². The van der Waals surface area contributed by atoms with E-state index in [0.717, 1.165) is 45.2 Å². The molecule has 1 aliphatic rings. The molecule has 1 aromatic heterocycles. The highest BCUT2D eigenvalue weighted by Gasteiger charge is 2.18. The Hall–Kier alpha value is -1.69. The van der Waals surface area contributed by atoms with E-state index in [1.54, 1.807) is 12.4 Å². The molecule has 2 heterocycles. The molecule has 110 valence electrons. The molecule has 0 atom stereocenters. The number of rotatable bonds is 5. The van der Waals surface area contributed by atoms with Crippen LogP contribution in [-0.2, 0) is 4.79 Å². The lowest BCUT2D eigenvalue weighted by atomic mass is 10.2. The van der Waals surface area contributed by atoms with Gasteiger partial charge in [-0.1, -0.05) is 13.8 Å². The second-order valence-electron chi connectivity index (χ2n) is 5.32. The van der Waals surface area contributed by atoms with Crippen molar-refractivity contribution in [1.29, 1.82) is 0 Å². The van der Waals surface area contributed by atoms with Crippen LogP contribution in [-0.4, -0.2) is 60.0 Å². The zero-order valence-electron chi connectivity index (χ0n) is 12.2. The van der Waals surface area contributed by atoms with Crippen molar-refractivity contribution in [2.75, 3.05) is 44.2 Å². The zero-order valence-corrected chi connectivity index (χ0v) is 12.2. The van der Waals surface area contributed by atoms with Crippen LogP contribution >= 0.6 is 0 Å². The Morgan fingerprint density at radius 3 is 2.50 bits per heavy atom. The van der Waals surface area contributed by atoms with Gasteiger partial charge in [0.1, 0.15) is 0 Å². The molecule has 0 aliphatic carbocycles. The monoisotopic (exact) mass is 277 g/mol. The number of aromatic nitrogens is 2. The molecule has 0 saturated carbocycles. The molecule has 6 heteroatoms. The van der Waals surface area contributed by atoms with E-state index in [9.17, 15) is 4.79 Å². The van der Waals surface area contributed by atoms with Crippen LogP contribution in [0.15, 0.2) is 18.5 Å². The van der Waals surface area contributed by atoms with Crippen molar-refractivity contribution in [2.24, 2.45) is 5.92 Å². The fourth-order valence-corrected chi connectivity index (χ4v) is 2.17. The number of piperazine rings is 1. The molecule has 1 aliphatic heterocycles. The Morgan fingerprint density at radius 1 is 1.25 bits per heavy atom. The maximum Gasteiger partial charge on any atom is 0.225 e. The van der Waals surface area contributed by atoms with Gasteiger partial charge in [0.05, 0.1) is 0 Å². The molecule has 1 fully saturated rings. The van der Waals surface area contributed by atoms with Crippen LogP contribution in [0, 0.1) is 5.92 Å². The molecule has 1 saturated heterocycles. The first-order valence-electron chi connectivity index (χ1n) is 7.19. The fraction of sp³-hybridized carbons (Fsp3) is 0.643. The van der Waals surface area contributed by atoms with Gasteiger partial charge in [0.15, 0.2) is 0 Å². The number of nitrogens with one attached hydrogen (secondary N) is 1. The van der Waals surface area contributed by atoms with Crippen molar-refractivity contribution >= 4 is 11.9 Å². The Labute approximate surface area is 120 Å². The van der Waals surface area contributed by atoms with E-state index in [0.29, 0.717) is 0 Å². The van der Waals surface area contributed by atoms with Gasteiger partial charge >= 0.3 is 0 Å². The number of amides is 1. The van der Waals surface area contributed by atoms with Gasteiger partial charge in [0.25, 0.3) is 0 Å². The lowest BCUT2D eigenvalue weighted by Gasteiger charge is -2.34. The van der Waals surface area contributed by atoms with Gasteiger partial charge in [-0.2, -0.15) is 0 Å². The molecule has 2 rings (SSSR count). The van der Waals surface area contributed by atoms with Crippen LogP contribution in [0.2, 0.25) is 0 Å². The van der Waals surface area contributed by atoms with Crippen molar-refractivity contribution in [3.05, 3.63) is 18.5 Å². The smallest absolute Gasteiger partial charge is 0.225 e. The quantitative estimate of drug-likeness (QED) is 0.842. The predicted octanol–water partition coefficient (Wildman–Crippen LogP) is 0.371. The maximum absolute atomic E-state index is 11.5. The SMILES string of the molecule is CC(C)C(=O)NCCN1CCN(c2ncccn2)CC1. The molecule has 1 N–H and O–H groups in total. The van der Waals surface area contributed by atoms with E-state index in [1.807, 2.05) is 19.9 Å². The molecule has 1 aromatic rings. The third-order valence-corrected chi connectivity index (χ3v) is 3.46. The lowest BCUT2D eigenvalue weighted by molar-refractivity contribution is -0.124. The standard InChI is InChI=1S/C14H23N5O/c1-12(2)13(20)15-6-7-18-8-10-19(11-9-18)14-16-4-3-5-17-14/h3-5,12H,6-11H2,1-2H3,(H,15,20). The largest absolute Gasteiger partial charge is 0.355 e. The van der Waals surface area contributed by atoms with Crippen LogP contribution in [0.3, 0.4) is 0 Å². The van der Waals surface area contributed by atoms with Crippen LogP contribution < -0.4 is 10.2 Å². The molecule has 20 heavy (non-hydrogen) atoms. The topological polar surface area (TPSA) is 61.4 Å². The van der Waals surface area contributed by atoms with Gasteiger partial charge in [-0.05, 0) is 6.07 Å². The van der Waals surface area contributed by atoms with E-state index < -0.39 is 0 Å². The number of anilines is 1. The van der Waals surface area contributed by atoms with E-state index in [2.05, 4.69) is 25.1 Å². The van der Waals surface area contributed by atoms with E-state index in [1.165, 1.54) is 0 Å². The summed E-state index contributed by atoms with van der Waals surface area (Å²) in [5.41, 5.74) is 0. The number of carbonyl (C=O) groups is 1. The molecular formula is C14H23N5O. The maximum atomic E-state index is 11.5. The fourth-order valence-electron chi connectivity index (χ4n) is 2.17. The Kier molecular flexibility index (Phi) is 5.29. The van der Waals surface area contributed by atoms with E-state index >= 15 is 0 Å². The minimum atomic E-state index is 0.0575. The number of hydrogen-bond donors (Lipinski definition) is 1. The first kappa shape index (κ1) is 14.7. The summed E-state index contributed by atoms with van der Waals surface area (Å²) in [5, 5.41) is 2.95. The summed E-state index contributed by atoms with van der Waals surface area (Å²) in [6, 6.07) is 1.83. The van der Waals surface area contributed by atoms with Gasteiger partial charge < -0.3 is 10.2 Å². The van der Waals surface area contributed by atoms with Gasteiger partial charge in [-0.15, -0.1) is 0 Å². The second-order valence-corrected chi connectivity index (χ2v) is 5.32. The molecule has 0 unspecified atom stereocenters. The highest BCUT2D eigenvalue weighted by molar-refractivity contribution is 5.77. The normalized spacial score (nSPS) is 16.4. The van der Waals surface area contributed by atoms with Crippen LogP contribution in [0.25, 0.3) is 0 Å². The lowest BCUT2D eigenvalue weighted by Crippen LogP contribution is -2.49.